The maximum atomic E-state index is 14.1. The minimum absolute atomic E-state index is 0.0757. The predicted octanol–water partition coefficient (Wildman–Crippen LogP) is 5.55. The van der Waals surface area contributed by atoms with Crippen LogP contribution in [0.4, 0.5) is 0 Å². The first-order valence-corrected chi connectivity index (χ1v) is 22.3. The summed E-state index contributed by atoms with van der Waals surface area (Å²) in [5.74, 6) is -9.02. The Morgan fingerprint density at radius 2 is 0.754 bits per heavy atom. The van der Waals surface area contributed by atoms with Gasteiger partial charge in [0.2, 0.25) is 0 Å². The van der Waals surface area contributed by atoms with E-state index < -0.39 is 71.7 Å². The molecule has 69 heavy (non-hydrogen) atoms. The molecule has 0 radical (unpaired) electrons. The molecule has 4 atom stereocenters. The van der Waals surface area contributed by atoms with E-state index in [2.05, 4.69) is 31.2 Å². The van der Waals surface area contributed by atoms with Gasteiger partial charge in [-0.2, -0.15) is 0 Å². The number of carbonyl (C=O) groups is 8. The van der Waals surface area contributed by atoms with Crippen molar-refractivity contribution < 1.29 is 58.8 Å². The number of para-hydroxylation sites is 2. The highest BCUT2D eigenvalue weighted by Crippen LogP contribution is 2.23. The lowest BCUT2D eigenvalue weighted by molar-refractivity contribution is -0.140. The van der Waals surface area contributed by atoms with Gasteiger partial charge in [0.05, 0.1) is 0 Å². The van der Waals surface area contributed by atoms with Crippen LogP contribution in [0.5, 0.6) is 0 Å². The van der Waals surface area contributed by atoms with Crippen LogP contribution >= 0.6 is 0 Å². The highest BCUT2D eigenvalue weighted by Gasteiger charge is 2.28. The van der Waals surface area contributed by atoms with Crippen LogP contribution in [-0.2, 0) is 38.4 Å². The summed E-state index contributed by atoms with van der Waals surface area (Å²) in [6.07, 6.45) is 3.01. The number of hydrogen-bond acceptors (Lipinski definition) is 8. The molecular formula is C51H54N6O12. The van der Waals surface area contributed by atoms with Gasteiger partial charge in [-0.1, -0.05) is 64.1 Å². The number of carboxylic acid groups (broad SMARTS) is 4. The Hall–Kier alpha value is -8.28. The van der Waals surface area contributed by atoms with Crippen LogP contribution in [0.2, 0.25) is 0 Å². The van der Waals surface area contributed by atoms with Gasteiger partial charge in [0.25, 0.3) is 23.6 Å². The highest BCUT2D eigenvalue weighted by atomic mass is 16.4. The molecule has 0 spiro atoms. The first-order valence-electron chi connectivity index (χ1n) is 22.3. The van der Waals surface area contributed by atoms with E-state index >= 15 is 0 Å². The van der Waals surface area contributed by atoms with Gasteiger partial charge in [-0.15, -0.1) is 0 Å². The standard InChI is InChI=1S/C51H54N6O12/c1-26(2)13-40(48(62)63)54-44(58)30-16-28(18-32(20-30)46(60)56-42(50(66)67)22-34-24-52-38-11-7-5-9-36(34)38)15-29-17-31(45(59)55-41(49(64)65)14-27(3)4)21-33(19-29)47(61)57-43(51(68)69)23-35-25-53-39-12-8-6-10-37(35)39/h5-12,16-21,24-27,40-43,52-53H,13-15,22-23H2,1-4H3,(H,54,58)(H,55,59)(H,56,60)(H,57,61)(H,62,63)(H,64,65)(H,66,67)(H,68,69). The van der Waals surface area contributed by atoms with E-state index in [9.17, 15) is 58.8 Å². The normalized spacial score (nSPS) is 13.1. The van der Waals surface area contributed by atoms with Crippen molar-refractivity contribution in [1.82, 2.24) is 31.2 Å². The average Bonchev–Trinajstić information content (AvgIpc) is 3.91. The highest BCUT2D eigenvalue weighted by molar-refractivity contribution is 6.03. The summed E-state index contributed by atoms with van der Waals surface area (Å²) in [7, 11) is 0. The summed E-state index contributed by atoms with van der Waals surface area (Å²) in [5, 5.41) is 51.9. The molecule has 0 saturated carbocycles. The number of rotatable bonds is 22. The summed E-state index contributed by atoms with van der Waals surface area (Å²) in [6, 6.07) is 16.8. The average molecular weight is 943 g/mol. The fraction of sp³-hybridized carbons (Fsp3) is 0.294. The molecule has 4 aromatic carbocycles. The molecule has 18 nitrogen and oxygen atoms in total. The second-order valence-corrected chi connectivity index (χ2v) is 17.9. The van der Waals surface area contributed by atoms with Gasteiger partial charge in [-0.05, 0) is 102 Å². The lowest BCUT2D eigenvalue weighted by Gasteiger charge is -2.19. The topological polar surface area (TPSA) is 297 Å². The number of carbonyl (C=O) groups excluding carboxylic acids is 4. The van der Waals surface area contributed by atoms with E-state index in [4.69, 9.17) is 0 Å². The van der Waals surface area contributed by atoms with Gasteiger partial charge in [-0.3, -0.25) is 19.2 Å². The van der Waals surface area contributed by atoms with Gasteiger partial charge in [-0.25, -0.2) is 19.2 Å². The molecule has 18 heteroatoms. The lowest BCUT2D eigenvalue weighted by atomic mass is 9.95. The Labute approximate surface area is 395 Å². The molecule has 6 rings (SSSR count). The number of benzene rings is 4. The van der Waals surface area contributed by atoms with Crippen molar-refractivity contribution in [1.29, 1.82) is 0 Å². The molecule has 360 valence electrons. The van der Waals surface area contributed by atoms with Crippen LogP contribution in [0.15, 0.2) is 97.3 Å². The van der Waals surface area contributed by atoms with Crippen molar-refractivity contribution >= 4 is 69.3 Å². The molecule has 10 N–H and O–H groups in total. The molecule has 6 aromatic rings. The van der Waals surface area contributed by atoms with Crippen molar-refractivity contribution in [3.63, 3.8) is 0 Å². The molecule has 0 bridgehead atoms. The molecule has 0 saturated heterocycles. The first-order chi connectivity index (χ1) is 32.8. The Morgan fingerprint density at radius 1 is 0.449 bits per heavy atom. The number of aromatic amines is 2. The van der Waals surface area contributed by atoms with E-state index in [0.717, 1.165) is 21.8 Å². The van der Waals surface area contributed by atoms with Gasteiger partial charge in [0.15, 0.2) is 0 Å². The van der Waals surface area contributed by atoms with E-state index in [0.29, 0.717) is 11.1 Å². The molecule has 4 unspecified atom stereocenters. The van der Waals surface area contributed by atoms with E-state index in [1.807, 2.05) is 24.3 Å². The molecule has 4 amide bonds. The first kappa shape index (κ1) is 50.1. The Bertz CT molecular complexity index is 2740. The molecule has 0 aliphatic carbocycles. The zero-order chi connectivity index (χ0) is 50.1. The fourth-order valence-electron chi connectivity index (χ4n) is 8.14. The van der Waals surface area contributed by atoms with Crippen LogP contribution in [0.1, 0.15) is 104 Å². The van der Waals surface area contributed by atoms with Gasteiger partial charge in [0, 0.05) is 69.3 Å². The second-order valence-electron chi connectivity index (χ2n) is 17.9. The zero-order valence-electron chi connectivity index (χ0n) is 38.3. The third kappa shape index (κ3) is 13.0. The van der Waals surface area contributed by atoms with Crippen molar-refractivity contribution in [2.24, 2.45) is 11.8 Å². The SMILES string of the molecule is CC(C)CC(NC(=O)c1cc(Cc2cc(C(=O)NC(Cc3c[nH]c4ccccc34)C(=O)O)cc(C(=O)NC(CC(C)C)C(=O)O)c2)cc(C(=O)NC(Cc2c[nH]c3ccccc23)C(=O)O)c1)C(=O)O. The number of aliphatic carboxylic acids is 4. The number of amides is 4. The third-order valence-electron chi connectivity index (χ3n) is 11.5. The Balaban J connectivity index is 1.38. The number of nitrogens with one attached hydrogen (secondary N) is 6. The Kier molecular flexibility index (Phi) is 16.0. The fourth-order valence-corrected chi connectivity index (χ4v) is 8.14. The van der Waals surface area contributed by atoms with E-state index in [1.54, 1.807) is 64.4 Å². The number of fused-ring (bicyclic) bond motifs is 2. The maximum absolute atomic E-state index is 14.1. The second kappa shape index (κ2) is 22.0. The number of carboxylic acids is 4. The van der Waals surface area contributed by atoms with Crippen molar-refractivity contribution in [2.45, 2.75) is 84.0 Å². The van der Waals surface area contributed by atoms with Crippen LogP contribution in [0.25, 0.3) is 21.8 Å². The van der Waals surface area contributed by atoms with Crippen LogP contribution in [0.3, 0.4) is 0 Å². The molecular weight excluding hydrogens is 889 g/mol. The number of H-pyrrole nitrogens is 2. The smallest absolute Gasteiger partial charge is 0.326 e. The summed E-state index contributed by atoms with van der Waals surface area (Å²) in [6.45, 7) is 7.12. The largest absolute Gasteiger partial charge is 0.480 e. The zero-order valence-corrected chi connectivity index (χ0v) is 38.3. The lowest BCUT2D eigenvalue weighted by Crippen LogP contribution is -2.43. The quantitative estimate of drug-likeness (QED) is 0.0401. The molecule has 0 aliphatic rings. The monoisotopic (exact) mass is 942 g/mol. The van der Waals surface area contributed by atoms with Crippen LogP contribution < -0.4 is 21.3 Å². The Morgan fingerprint density at radius 3 is 1.06 bits per heavy atom. The third-order valence-corrected chi connectivity index (χ3v) is 11.5. The van der Waals surface area contributed by atoms with Crippen molar-refractivity contribution in [3.8, 4) is 0 Å². The summed E-state index contributed by atoms with van der Waals surface area (Å²) in [4.78, 5) is 111. The van der Waals surface area contributed by atoms with Crippen LogP contribution in [-0.4, -0.2) is 102 Å². The minimum Gasteiger partial charge on any atom is -0.480 e. The molecule has 2 aromatic heterocycles. The van der Waals surface area contributed by atoms with E-state index in [1.165, 1.54) is 36.4 Å². The summed E-state index contributed by atoms with van der Waals surface area (Å²) >= 11 is 0. The minimum atomic E-state index is -1.44. The van der Waals surface area contributed by atoms with Crippen molar-refractivity contribution in [2.75, 3.05) is 0 Å². The van der Waals surface area contributed by atoms with Crippen molar-refractivity contribution in [3.05, 3.63) is 142 Å². The van der Waals surface area contributed by atoms with Gasteiger partial charge in [0.1, 0.15) is 24.2 Å². The van der Waals surface area contributed by atoms with Crippen LogP contribution in [0, 0.1) is 11.8 Å². The maximum Gasteiger partial charge on any atom is 0.326 e. The van der Waals surface area contributed by atoms with Gasteiger partial charge < -0.3 is 51.7 Å². The number of aromatic nitrogens is 2. The predicted molar refractivity (Wildman–Crippen MR) is 254 cm³/mol. The summed E-state index contributed by atoms with van der Waals surface area (Å²) in [5.41, 5.74) is 2.52. The molecule has 0 aliphatic heterocycles. The molecule has 2 heterocycles. The number of hydrogen-bond donors (Lipinski definition) is 10. The van der Waals surface area contributed by atoms with E-state index in [-0.39, 0.29) is 77.3 Å². The molecule has 0 fully saturated rings. The summed E-state index contributed by atoms with van der Waals surface area (Å²) < 4.78 is 0. The van der Waals surface area contributed by atoms with Gasteiger partial charge >= 0.3 is 23.9 Å².